The van der Waals surface area contributed by atoms with Gasteiger partial charge in [0.15, 0.2) is 0 Å². The van der Waals surface area contributed by atoms with E-state index in [1.54, 1.807) is 6.07 Å². The van der Waals surface area contributed by atoms with Crippen LogP contribution in [0.2, 0.25) is 0 Å². The van der Waals surface area contributed by atoms with Crippen molar-refractivity contribution in [3.63, 3.8) is 0 Å². The summed E-state index contributed by atoms with van der Waals surface area (Å²) >= 11 is 0. The minimum absolute atomic E-state index is 0.0546. The second-order valence-electron chi connectivity index (χ2n) is 4.26. The Morgan fingerprint density at radius 3 is 2.56 bits per heavy atom. The number of aliphatic hydroxyl groups excluding tert-OH is 1. The zero-order valence-electron chi connectivity index (χ0n) is 10.8. The average molecular weight is 250 g/mol. The lowest BCUT2D eigenvalue weighted by Crippen LogP contribution is -2.38. The maximum Gasteiger partial charge on any atom is 0.313 e. The van der Waals surface area contributed by atoms with Crippen LogP contribution in [0.3, 0.4) is 0 Å². The van der Waals surface area contributed by atoms with Crippen molar-refractivity contribution in [1.82, 2.24) is 5.32 Å². The Balaban J connectivity index is 2.64. The second kappa shape index (κ2) is 6.16. The predicted molar refractivity (Wildman–Crippen MR) is 69.2 cm³/mol. The number of aryl methyl sites for hydroxylation is 1. The summed E-state index contributed by atoms with van der Waals surface area (Å²) < 4.78 is 0. The maximum absolute atomic E-state index is 11.6. The average Bonchev–Trinajstić information content (AvgIpc) is 2.31. The maximum atomic E-state index is 11.6. The first-order chi connectivity index (χ1) is 8.41. The Kier molecular flexibility index (Phi) is 4.85. The number of anilines is 1. The molecule has 5 nitrogen and oxygen atoms in total. The molecular formula is C13H18N2O3. The van der Waals surface area contributed by atoms with E-state index in [1.165, 1.54) is 6.92 Å². The van der Waals surface area contributed by atoms with E-state index in [-0.39, 0.29) is 6.54 Å². The van der Waals surface area contributed by atoms with Crippen LogP contribution < -0.4 is 10.6 Å². The first-order valence-electron chi connectivity index (χ1n) is 5.75. The van der Waals surface area contributed by atoms with E-state index in [0.29, 0.717) is 5.69 Å². The normalized spacial score (nSPS) is 11.8. The number of carbonyl (C=O) groups is 2. The summed E-state index contributed by atoms with van der Waals surface area (Å²) in [6.45, 7) is 5.39. The molecule has 1 aromatic carbocycles. The first kappa shape index (κ1) is 14.2. The zero-order chi connectivity index (χ0) is 13.7. The fourth-order valence-electron chi connectivity index (χ4n) is 1.39. The minimum atomic E-state index is -0.753. The smallest absolute Gasteiger partial charge is 0.313 e. The van der Waals surface area contributed by atoms with Gasteiger partial charge < -0.3 is 15.7 Å². The van der Waals surface area contributed by atoms with Gasteiger partial charge in [0.2, 0.25) is 0 Å². The number of nitrogens with one attached hydrogen (secondary N) is 2. The fraction of sp³-hybridized carbons (Fsp3) is 0.385. The highest BCUT2D eigenvalue weighted by Crippen LogP contribution is 2.17. The van der Waals surface area contributed by atoms with E-state index < -0.39 is 17.9 Å². The minimum Gasteiger partial charge on any atom is -0.392 e. The summed E-state index contributed by atoms with van der Waals surface area (Å²) in [5.74, 6) is -1.49. The van der Waals surface area contributed by atoms with Crippen LogP contribution in [0.1, 0.15) is 18.1 Å². The lowest BCUT2D eigenvalue weighted by Gasteiger charge is -2.11. The molecule has 0 aliphatic carbocycles. The van der Waals surface area contributed by atoms with Crippen molar-refractivity contribution in [3.8, 4) is 0 Å². The van der Waals surface area contributed by atoms with Crippen LogP contribution in [0.4, 0.5) is 5.69 Å². The van der Waals surface area contributed by atoms with Crippen LogP contribution in [0.15, 0.2) is 18.2 Å². The van der Waals surface area contributed by atoms with Gasteiger partial charge in [-0.3, -0.25) is 9.59 Å². The van der Waals surface area contributed by atoms with Crippen LogP contribution in [0.25, 0.3) is 0 Å². The molecule has 5 heteroatoms. The molecule has 18 heavy (non-hydrogen) atoms. The lowest BCUT2D eigenvalue weighted by molar-refractivity contribution is -0.136. The Morgan fingerprint density at radius 2 is 1.94 bits per heavy atom. The lowest BCUT2D eigenvalue weighted by atomic mass is 10.1. The first-order valence-corrected chi connectivity index (χ1v) is 5.75. The Morgan fingerprint density at radius 1 is 1.28 bits per heavy atom. The van der Waals surface area contributed by atoms with Gasteiger partial charge in [0.1, 0.15) is 0 Å². The Bertz CT molecular complexity index is 456. The third-order valence-corrected chi connectivity index (χ3v) is 2.62. The number of hydrogen-bond donors (Lipinski definition) is 3. The van der Waals surface area contributed by atoms with E-state index in [4.69, 9.17) is 5.11 Å². The molecule has 0 saturated heterocycles. The monoisotopic (exact) mass is 250 g/mol. The van der Waals surface area contributed by atoms with Gasteiger partial charge in [-0.25, -0.2) is 0 Å². The van der Waals surface area contributed by atoms with Gasteiger partial charge in [-0.1, -0.05) is 12.1 Å². The topological polar surface area (TPSA) is 78.4 Å². The van der Waals surface area contributed by atoms with Gasteiger partial charge >= 0.3 is 11.8 Å². The number of rotatable bonds is 3. The standard InChI is InChI=1S/C13H18N2O3/c1-8-5-4-6-11(10(8)3)15-13(18)12(17)14-7-9(2)16/h4-6,9,16H,7H2,1-3H3,(H,14,17)(H,15,18)/t9-/m1/s1. The SMILES string of the molecule is Cc1cccc(NC(=O)C(=O)NC[C@@H](C)O)c1C. The highest BCUT2D eigenvalue weighted by atomic mass is 16.3. The molecule has 0 aliphatic rings. The highest BCUT2D eigenvalue weighted by molar-refractivity contribution is 6.39. The van der Waals surface area contributed by atoms with E-state index in [2.05, 4.69) is 10.6 Å². The van der Waals surface area contributed by atoms with Gasteiger partial charge in [0, 0.05) is 12.2 Å². The number of aliphatic hydroxyl groups is 1. The number of amides is 2. The second-order valence-corrected chi connectivity index (χ2v) is 4.26. The van der Waals surface area contributed by atoms with Crippen molar-refractivity contribution in [2.75, 3.05) is 11.9 Å². The molecule has 0 radical (unpaired) electrons. The molecule has 3 N–H and O–H groups in total. The molecule has 0 aliphatic heterocycles. The molecule has 98 valence electrons. The van der Waals surface area contributed by atoms with E-state index in [9.17, 15) is 9.59 Å². The van der Waals surface area contributed by atoms with Crippen molar-refractivity contribution in [2.24, 2.45) is 0 Å². The molecule has 0 spiro atoms. The molecular weight excluding hydrogens is 232 g/mol. The van der Waals surface area contributed by atoms with Crippen molar-refractivity contribution in [2.45, 2.75) is 26.9 Å². The van der Waals surface area contributed by atoms with Crippen LogP contribution in [-0.4, -0.2) is 29.6 Å². The molecule has 0 heterocycles. The molecule has 1 atom stereocenters. The van der Waals surface area contributed by atoms with Gasteiger partial charge in [-0.15, -0.1) is 0 Å². The Labute approximate surface area is 106 Å². The quantitative estimate of drug-likeness (QED) is 0.692. The van der Waals surface area contributed by atoms with Gasteiger partial charge in [0.05, 0.1) is 6.10 Å². The van der Waals surface area contributed by atoms with Crippen LogP contribution in [0.5, 0.6) is 0 Å². The molecule has 1 rings (SSSR count). The van der Waals surface area contributed by atoms with Crippen molar-refractivity contribution in [3.05, 3.63) is 29.3 Å². The summed E-state index contributed by atoms with van der Waals surface area (Å²) in [7, 11) is 0. The van der Waals surface area contributed by atoms with Crippen LogP contribution in [-0.2, 0) is 9.59 Å². The molecule has 0 unspecified atom stereocenters. The third kappa shape index (κ3) is 3.85. The number of benzene rings is 1. The van der Waals surface area contributed by atoms with Crippen molar-refractivity contribution < 1.29 is 14.7 Å². The molecule has 1 aromatic rings. The zero-order valence-corrected chi connectivity index (χ0v) is 10.8. The summed E-state index contributed by atoms with van der Waals surface area (Å²) in [5.41, 5.74) is 2.58. The largest absolute Gasteiger partial charge is 0.392 e. The summed E-state index contributed by atoms with van der Waals surface area (Å²) in [6, 6.07) is 5.48. The van der Waals surface area contributed by atoms with Gasteiger partial charge in [-0.2, -0.15) is 0 Å². The summed E-state index contributed by atoms with van der Waals surface area (Å²) in [6.07, 6.45) is -0.678. The summed E-state index contributed by atoms with van der Waals surface area (Å²) in [5, 5.41) is 13.9. The van der Waals surface area contributed by atoms with Crippen molar-refractivity contribution >= 4 is 17.5 Å². The number of hydrogen-bond acceptors (Lipinski definition) is 3. The van der Waals surface area contributed by atoms with Crippen LogP contribution >= 0.6 is 0 Å². The predicted octanol–water partition coefficient (Wildman–Crippen LogP) is 0.739. The van der Waals surface area contributed by atoms with Gasteiger partial charge in [-0.05, 0) is 38.0 Å². The van der Waals surface area contributed by atoms with Crippen LogP contribution in [0, 0.1) is 13.8 Å². The molecule has 0 bridgehead atoms. The fourth-order valence-corrected chi connectivity index (χ4v) is 1.39. The van der Waals surface area contributed by atoms with Crippen molar-refractivity contribution in [1.29, 1.82) is 0 Å². The van der Waals surface area contributed by atoms with E-state index in [1.807, 2.05) is 26.0 Å². The van der Waals surface area contributed by atoms with Gasteiger partial charge in [0.25, 0.3) is 0 Å². The highest BCUT2D eigenvalue weighted by Gasteiger charge is 2.15. The molecule has 0 saturated carbocycles. The summed E-state index contributed by atoms with van der Waals surface area (Å²) in [4.78, 5) is 23.0. The molecule has 0 fully saturated rings. The third-order valence-electron chi connectivity index (χ3n) is 2.62. The van der Waals surface area contributed by atoms with E-state index >= 15 is 0 Å². The molecule has 0 aromatic heterocycles. The number of carbonyl (C=O) groups excluding carboxylic acids is 2. The Hall–Kier alpha value is -1.88. The molecule has 2 amide bonds. The van der Waals surface area contributed by atoms with E-state index in [0.717, 1.165) is 11.1 Å².